The molecule has 0 aromatic heterocycles. The van der Waals surface area contributed by atoms with Crippen LogP contribution in [0.15, 0.2) is 84.9 Å². The largest absolute Gasteiger partial charge is 0.492 e. The SMILES string of the molecule is CCOc1ccccc1N(CCN1C(=O)c2cccc3cccc(c23)C1=O)C(=O)c1ccc(Cl)cc1. The number of rotatable bonds is 7. The van der Waals surface area contributed by atoms with E-state index in [0.717, 1.165) is 5.39 Å². The van der Waals surface area contributed by atoms with E-state index in [1.54, 1.807) is 48.5 Å². The van der Waals surface area contributed by atoms with E-state index in [4.69, 9.17) is 16.3 Å². The number of hydrogen-bond acceptors (Lipinski definition) is 4. The zero-order valence-electron chi connectivity index (χ0n) is 19.6. The van der Waals surface area contributed by atoms with Gasteiger partial charge in [-0.3, -0.25) is 19.3 Å². The van der Waals surface area contributed by atoms with Gasteiger partial charge in [0.25, 0.3) is 17.7 Å². The fourth-order valence-corrected chi connectivity index (χ4v) is 4.65. The fourth-order valence-electron chi connectivity index (χ4n) is 4.52. The lowest BCUT2D eigenvalue weighted by Crippen LogP contribution is -2.46. The Labute approximate surface area is 213 Å². The van der Waals surface area contributed by atoms with Crippen molar-refractivity contribution in [2.24, 2.45) is 0 Å². The number of nitrogens with zero attached hydrogens (tertiary/aromatic N) is 2. The van der Waals surface area contributed by atoms with E-state index in [1.807, 2.05) is 43.3 Å². The molecule has 4 aromatic rings. The van der Waals surface area contributed by atoms with E-state index < -0.39 is 0 Å². The summed E-state index contributed by atoms with van der Waals surface area (Å²) in [6.45, 7) is 2.39. The van der Waals surface area contributed by atoms with Crippen molar-refractivity contribution in [1.82, 2.24) is 4.90 Å². The van der Waals surface area contributed by atoms with Gasteiger partial charge in [-0.05, 0) is 60.8 Å². The highest BCUT2D eigenvalue weighted by molar-refractivity contribution is 6.30. The number of para-hydroxylation sites is 2. The lowest BCUT2D eigenvalue weighted by Gasteiger charge is -2.31. The van der Waals surface area contributed by atoms with E-state index in [0.29, 0.717) is 45.1 Å². The lowest BCUT2D eigenvalue weighted by molar-refractivity contribution is 0.0611. The minimum absolute atomic E-state index is 0.0160. The summed E-state index contributed by atoms with van der Waals surface area (Å²) >= 11 is 6.02. The standard InChI is InChI=1S/C29H23ClN2O4/c1-2-36-25-12-4-3-11-24(25)31(27(33)20-13-15-21(30)16-14-20)17-18-32-28(34)22-9-5-7-19-8-6-10-23(26(19)22)29(32)35/h3-16H,2,17-18H2,1H3. The van der Waals surface area contributed by atoms with Gasteiger partial charge in [0, 0.05) is 40.2 Å². The Balaban J connectivity index is 1.50. The topological polar surface area (TPSA) is 66.9 Å². The highest BCUT2D eigenvalue weighted by Gasteiger charge is 2.33. The molecule has 36 heavy (non-hydrogen) atoms. The predicted octanol–water partition coefficient (Wildman–Crippen LogP) is 5.83. The number of hydrogen-bond donors (Lipinski definition) is 0. The van der Waals surface area contributed by atoms with Crippen LogP contribution >= 0.6 is 11.6 Å². The molecule has 1 heterocycles. The van der Waals surface area contributed by atoms with Gasteiger partial charge in [0.05, 0.1) is 12.3 Å². The zero-order chi connectivity index (χ0) is 25.2. The summed E-state index contributed by atoms with van der Waals surface area (Å²) < 4.78 is 5.78. The highest BCUT2D eigenvalue weighted by Crippen LogP contribution is 2.32. The first-order valence-electron chi connectivity index (χ1n) is 11.7. The van der Waals surface area contributed by atoms with Crippen LogP contribution in [0.25, 0.3) is 10.8 Å². The number of anilines is 1. The highest BCUT2D eigenvalue weighted by atomic mass is 35.5. The van der Waals surface area contributed by atoms with Crippen LogP contribution in [0.2, 0.25) is 5.02 Å². The van der Waals surface area contributed by atoms with Crippen LogP contribution < -0.4 is 9.64 Å². The maximum absolute atomic E-state index is 13.6. The third-order valence-corrected chi connectivity index (χ3v) is 6.45. The molecule has 0 bridgehead atoms. The third kappa shape index (κ3) is 4.20. The van der Waals surface area contributed by atoms with Gasteiger partial charge < -0.3 is 9.64 Å². The molecular formula is C29H23ClN2O4. The average Bonchev–Trinajstić information content (AvgIpc) is 2.90. The maximum atomic E-state index is 13.6. The summed E-state index contributed by atoms with van der Waals surface area (Å²) in [4.78, 5) is 43.1. The number of carbonyl (C=O) groups excluding carboxylic acids is 3. The Morgan fingerprint density at radius 3 is 2.14 bits per heavy atom. The number of amides is 3. The van der Waals surface area contributed by atoms with Gasteiger partial charge in [-0.2, -0.15) is 0 Å². The molecule has 6 nitrogen and oxygen atoms in total. The van der Waals surface area contributed by atoms with Crippen molar-refractivity contribution in [3.05, 3.63) is 107 Å². The van der Waals surface area contributed by atoms with Crippen LogP contribution in [0.1, 0.15) is 38.0 Å². The number of carbonyl (C=O) groups is 3. The van der Waals surface area contributed by atoms with Gasteiger partial charge in [0.1, 0.15) is 5.75 Å². The summed E-state index contributed by atoms with van der Waals surface area (Å²) in [5.41, 5.74) is 1.94. The summed E-state index contributed by atoms with van der Waals surface area (Å²) in [6, 6.07) is 24.7. The first kappa shape index (κ1) is 23.6. The smallest absolute Gasteiger partial charge is 0.261 e. The zero-order valence-corrected chi connectivity index (χ0v) is 20.4. The molecule has 0 spiro atoms. The monoisotopic (exact) mass is 498 g/mol. The second-order valence-corrected chi connectivity index (χ2v) is 8.77. The second-order valence-electron chi connectivity index (χ2n) is 8.34. The van der Waals surface area contributed by atoms with Gasteiger partial charge in [0.15, 0.2) is 0 Å². The Bertz CT molecular complexity index is 1430. The molecule has 0 unspecified atom stereocenters. The van der Waals surface area contributed by atoms with E-state index in [-0.39, 0.29) is 30.8 Å². The summed E-state index contributed by atoms with van der Waals surface area (Å²) in [5.74, 6) is -0.505. The van der Waals surface area contributed by atoms with Crippen molar-refractivity contribution in [2.75, 3.05) is 24.6 Å². The van der Waals surface area contributed by atoms with Gasteiger partial charge in [0.2, 0.25) is 0 Å². The molecule has 0 saturated heterocycles. The van der Waals surface area contributed by atoms with Crippen LogP contribution in [-0.4, -0.2) is 42.3 Å². The molecule has 0 aliphatic carbocycles. The van der Waals surface area contributed by atoms with E-state index in [1.165, 1.54) is 9.80 Å². The molecule has 0 N–H and O–H groups in total. The third-order valence-electron chi connectivity index (χ3n) is 6.20. The fraction of sp³-hybridized carbons (Fsp3) is 0.138. The molecule has 0 fully saturated rings. The first-order valence-corrected chi connectivity index (χ1v) is 12.0. The van der Waals surface area contributed by atoms with Crippen molar-refractivity contribution in [1.29, 1.82) is 0 Å². The van der Waals surface area contributed by atoms with Gasteiger partial charge >= 0.3 is 0 Å². The van der Waals surface area contributed by atoms with Gasteiger partial charge in [-0.15, -0.1) is 0 Å². The molecule has 4 aromatic carbocycles. The molecular weight excluding hydrogens is 476 g/mol. The lowest BCUT2D eigenvalue weighted by atomic mass is 9.94. The van der Waals surface area contributed by atoms with E-state index >= 15 is 0 Å². The Kier molecular flexibility index (Phi) is 6.44. The van der Waals surface area contributed by atoms with E-state index in [9.17, 15) is 14.4 Å². The van der Waals surface area contributed by atoms with Crippen LogP contribution in [0.4, 0.5) is 5.69 Å². The second kappa shape index (κ2) is 9.84. The van der Waals surface area contributed by atoms with Crippen LogP contribution in [0.3, 0.4) is 0 Å². The Morgan fingerprint density at radius 1 is 0.861 bits per heavy atom. The number of benzene rings is 4. The average molecular weight is 499 g/mol. The molecule has 0 radical (unpaired) electrons. The number of ether oxygens (including phenoxy) is 1. The Morgan fingerprint density at radius 2 is 1.50 bits per heavy atom. The van der Waals surface area contributed by atoms with Crippen molar-refractivity contribution in [3.63, 3.8) is 0 Å². The van der Waals surface area contributed by atoms with E-state index in [2.05, 4.69) is 0 Å². The van der Waals surface area contributed by atoms with Crippen LogP contribution in [0, 0.1) is 0 Å². The summed E-state index contributed by atoms with van der Waals surface area (Å²) in [6.07, 6.45) is 0. The molecule has 3 amide bonds. The molecule has 1 aliphatic heterocycles. The van der Waals surface area contributed by atoms with Gasteiger partial charge in [-0.25, -0.2) is 0 Å². The number of imide groups is 1. The summed E-state index contributed by atoms with van der Waals surface area (Å²) in [5, 5.41) is 2.03. The molecule has 0 saturated carbocycles. The normalized spacial score (nSPS) is 12.7. The van der Waals surface area contributed by atoms with Crippen molar-refractivity contribution < 1.29 is 19.1 Å². The van der Waals surface area contributed by atoms with Crippen molar-refractivity contribution in [2.45, 2.75) is 6.92 Å². The summed E-state index contributed by atoms with van der Waals surface area (Å²) in [7, 11) is 0. The van der Waals surface area contributed by atoms with Crippen LogP contribution in [-0.2, 0) is 0 Å². The minimum Gasteiger partial charge on any atom is -0.492 e. The van der Waals surface area contributed by atoms with Crippen LogP contribution in [0.5, 0.6) is 5.75 Å². The molecule has 5 rings (SSSR count). The van der Waals surface area contributed by atoms with Crippen molar-refractivity contribution >= 4 is 45.8 Å². The predicted molar refractivity (Wildman–Crippen MR) is 140 cm³/mol. The molecule has 0 atom stereocenters. The molecule has 180 valence electrons. The molecule has 7 heteroatoms. The minimum atomic E-state index is -0.374. The Hall–Kier alpha value is -4.16. The first-order chi connectivity index (χ1) is 17.5. The molecule has 1 aliphatic rings. The number of halogens is 1. The van der Waals surface area contributed by atoms with Gasteiger partial charge in [-0.1, -0.05) is 48.0 Å². The quantitative estimate of drug-likeness (QED) is 0.300. The maximum Gasteiger partial charge on any atom is 0.261 e. The van der Waals surface area contributed by atoms with Crippen molar-refractivity contribution in [3.8, 4) is 5.75 Å².